The number of benzene rings is 1. The van der Waals surface area contributed by atoms with Gasteiger partial charge in [-0.1, -0.05) is 5.16 Å². The minimum atomic E-state index is -4.20. The molecule has 0 radical (unpaired) electrons. The number of hydroxylamine groups is 1. The molecule has 0 spiro atoms. The number of rotatable bonds is 10. The van der Waals surface area contributed by atoms with Crippen molar-refractivity contribution in [2.75, 3.05) is 17.2 Å². The van der Waals surface area contributed by atoms with E-state index in [0.717, 1.165) is 46.2 Å². The molecular weight excluding hydrogens is 632 g/mol. The summed E-state index contributed by atoms with van der Waals surface area (Å²) in [6.07, 6.45) is 0. The lowest BCUT2D eigenvalue weighted by molar-refractivity contribution is -0.152. The number of thiazole rings is 1. The Morgan fingerprint density at radius 3 is 2.53 bits per heavy atom. The van der Waals surface area contributed by atoms with Crippen molar-refractivity contribution in [2.24, 2.45) is 5.16 Å². The zero-order valence-corrected chi connectivity index (χ0v) is 24.6. The molecule has 3 amide bonds. The molecule has 17 nitrogen and oxygen atoms in total. The van der Waals surface area contributed by atoms with Gasteiger partial charge in [0.05, 0.1) is 10.6 Å². The van der Waals surface area contributed by atoms with Crippen LogP contribution in [0.2, 0.25) is 0 Å². The monoisotopic (exact) mass is 656 g/mol. The number of hydrogen-bond acceptors (Lipinski definition) is 15. The summed E-state index contributed by atoms with van der Waals surface area (Å²) in [5.74, 6) is -6.54. The highest BCUT2D eigenvalue weighted by molar-refractivity contribution is 8.00. The number of phenols is 2. The molecule has 0 unspecified atom stereocenters. The van der Waals surface area contributed by atoms with E-state index in [1.807, 2.05) is 0 Å². The lowest BCUT2D eigenvalue weighted by Gasteiger charge is -2.49. The van der Waals surface area contributed by atoms with E-state index in [9.17, 15) is 42.9 Å². The number of β-lactam (4-membered cyclic amide) rings is 1. The molecule has 20 heteroatoms. The van der Waals surface area contributed by atoms with Gasteiger partial charge < -0.3 is 31.2 Å². The van der Waals surface area contributed by atoms with Gasteiger partial charge in [0.1, 0.15) is 22.8 Å². The van der Waals surface area contributed by atoms with Crippen LogP contribution in [0.5, 0.6) is 11.5 Å². The Morgan fingerprint density at radius 1 is 1.26 bits per heavy atom. The van der Waals surface area contributed by atoms with E-state index in [-0.39, 0.29) is 27.0 Å². The first kappa shape index (κ1) is 31.5. The number of amides is 3. The summed E-state index contributed by atoms with van der Waals surface area (Å²) in [6, 6.07) is 1.58. The highest BCUT2D eigenvalue weighted by atomic mass is 32.2. The van der Waals surface area contributed by atoms with Gasteiger partial charge in [0.15, 0.2) is 32.2 Å². The quantitative estimate of drug-likeness (QED) is 0.0551. The Kier molecular flexibility index (Phi) is 8.58. The topological polar surface area (TPSA) is 271 Å². The number of aromatic hydroxyl groups is 2. The number of thioether (sulfide) groups is 1. The maximum atomic E-state index is 13.2. The van der Waals surface area contributed by atoms with Crippen LogP contribution in [0, 0.1) is 0 Å². The summed E-state index contributed by atoms with van der Waals surface area (Å²) < 4.78 is 25.9. The largest absolute Gasteiger partial charge is 0.504 e. The second kappa shape index (κ2) is 11.7. The van der Waals surface area contributed by atoms with Crippen LogP contribution in [0.3, 0.4) is 0 Å². The molecule has 0 aliphatic carbocycles. The van der Waals surface area contributed by atoms with Gasteiger partial charge in [-0.25, -0.2) is 23.7 Å². The molecule has 0 bridgehead atoms. The zero-order chi connectivity index (χ0) is 31.9. The smallest absolute Gasteiger partial charge is 0.352 e. The Balaban J connectivity index is 1.57. The Morgan fingerprint density at radius 2 is 1.95 bits per heavy atom. The van der Waals surface area contributed by atoms with E-state index < -0.39 is 79.2 Å². The van der Waals surface area contributed by atoms with Crippen LogP contribution in [0.1, 0.15) is 19.5 Å². The molecule has 1 fully saturated rings. The summed E-state index contributed by atoms with van der Waals surface area (Å²) in [5.41, 5.74) is 4.13. The van der Waals surface area contributed by atoms with Crippen LogP contribution in [0.15, 0.2) is 44.9 Å². The van der Waals surface area contributed by atoms with E-state index >= 15 is 0 Å². The van der Waals surface area contributed by atoms with Gasteiger partial charge >= 0.3 is 5.97 Å². The molecule has 3 heterocycles. The van der Waals surface area contributed by atoms with Crippen molar-refractivity contribution in [2.45, 2.75) is 35.8 Å². The highest BCUT2D eigenvalue weighted by Gasteiger charge is 2.54. The first-order valence-electron chi connectivity index (χ1n) is 11.9. The zero-order valence-electron chi connectivity index (χ0n) is 22.2. The van der Waals surface area contributed by atoms with E-state index in [0.29, 0.717) is 0 Å². The number of hydrogen-bond donors (Lipinski definition) is 7. The lowest BCUT2D eigenvalue weighted by Crippen LogP contribution is -2.71. The predicted octanol–water partition coefficient (Wildman–Crippen LogP) is -0.646. The average Bonchev–Trinajstić information content (AvgIpc) is 3.37. The van der Waals surface area contributed by atoms with Gasteiger partial charge in [-0.15, -0.1) is 23.1 Å². The number of anilines is 1. The summed E-state index contributed by atoms with van der Waals surface area (Å²) >= 11 is 1.97. The molecule has 230 valence electrons. The number of nitrogens with zero attached hydrogens (tertiary/aromatic N) is 3. The number of fused-ring (bicyclic) bond motifs is 1. The highest BCUT2D eigenvalue weighted by Crippen LogP contribution is 2.41. The molecule has 43 heavy (non-hydrogen) atoms. The number of carbonyl (C=O) groups excluding carboxylic acids is 3. The maximum absolute atomic E-state index is 13.2. The number of nitrogen functional groups attached to an aromatic ring is 1. The van der Waals surface area contributed by atoms with E-state index in [2.05, 4.69) is 15.5 Å². The van der Waals surface area contributed by atoms with Crippen LogP contribution < -0.4 is 16.5 Å². The number of oxime groups is 1. The number of sulfone groups is 1. The number of phenolic OH excluding ortho intramolecular Hbond substituents is 2. The van der Waals surface area contributed by atoms with Gasteiger partial charge in [0, 0.05) is 17.2 Å². The molecule has 2 aliphatic rings. The minimum absolute atomic E-state index is 0.0565. The minimum Gasteiger partial charge on any atom is -0.504 e. The molecule has 2 atom stereocenters. The summed E-state index contributed by atoms with van der Waals surface area (Å²) in [4.78, 5) is 60.0. The second-order valence-corrected chi connectivity index (χ2v) is 13.6. The fourth-order valence-corrected chi connectivity index (χ4v) is 7.40. The third-order valence-electron chi connectivity index (χ3n) is 6.20. The molecule has 0 saturated carbocycles. The molecule has 1 aromatic carbocycles. The van der Waals surface area contributed by atoms with Gasteiger partial charge in [-0.05, 0) is 31.6 Å². The van der Waals surface area contributed by atoms with Crippen molar-refractivity contribution >= 4 is 67.5 Å². The Labute approximate surface area is 250 Å². The number of nitrogens with one attached hydrogen (secondary N) is 2. The van der Waals surface area contributed by atoms with Crippen LogP contribution in [-0.2, 0) is 33.9 Å². The maximum Gasteiger partial charge on any atom is 0.352 e. The molecule has 1 saturated heterocycles. The number of carboxylic acid groups (broad SMARTS) is 1. The van der Waals surface area contributed by atoms with E-state index in [4.69, 9.17) is 15.8 Å². The Bertz CT molecular complexity index is 1680. The molecule has 8 N–H and O–H groups in total. The van der Waals surface area contributed by atoms with Crippen LogP contribution in [0.25, 0.3) is 0 Å². The predicted molar refractivity (Wildman–Crippen MR) is 150 cm³/mol. The van der Waals surface area contributed by atoms with Crippen molar-refractivity contribution in [1.82, 2.24) is 20.7 Å². The Hall–Kier alpha value is -4.40. The third-order valence-corrected chi connectivity index (χ3v) is 9.91. The SMILES string of the molecule is CC(C)(ON=C(C(=O)N[C@@H]1C(=O)N2C(C(=O)O)=C(CS(=O)(=O)c3ccc(O)c(O)c3)CS[C@H]12)c1csc(N)n1)C(=O)NO. The van der Waals surface area contributed by atoms with Crippen molar-refractivity contribution in [3.8, 4) is 11.5 Å². The van der Waals surface area contributed by atoms with Crippen molar-refractivity contribution < 1.29 is 53.0 Å². The van der Waals surface area contributed by atoms with E-state index in [1.165, 1.54) is 24.7 Å². The van der Waals surface area contributed by atoms with Crippen LogP contribution in [-0.4, -0.2) is 96.8 Å². The number of carbonyl (C=O) groups is 4. The van der Waals surface area contributed by atoms with E-state index in [1.54, 1.807) is 0 Å². The van der Waals surface area contributed by atoms with Gasteiger partial charge in [-0.2, -0.15) is 0 Å². The fourth-order valence-electron chi connectivity index (χ4n) is 3.95. The first-order chi connectivity index (χ1) is 20.1. The van der Waals surface area contributed by atoms with Crippen LogP contribution >= 0.6 is 23.1 Å². The number of aromatic nitrogens is 1. The first-order valence-corrected chi connectivity index (χ1v) is 15.5. The lowest BCUT2D eigenvalue weighted by atomic mass is 10.0. The third kappa shape index (κ3) is 6.21. The number of carboxylic acids is 1. The average molecular weight is 657 g/mol. The molecule has 2 aliphatic heterocycles. The van der Waals surface area contributed by atoms with Crippen LogP contribution in [0.4, 0.5) is 5.13 Å². The van der Waals surface area contributed by atoms with Crippen molar-refractivity contribution in [1.29, 1.82) is 0 Å². The van der Waals surface area contributed by atoms with Gasteiger partial charge in [0.2, 0.25) is 5.60 Å². The summed E-state index contributed by atoms with van der Waals surface area (Å²) in [7, 11) is -4.20. The fraction of sp³-hybridized carbons (Fsp3) is 0.304. The molecule has 4 rings (SSSR count). The number of nitrogens with two attached hydrogens (primary N) is 1. The van der Waals surface area contributed by atoms with Crippen molar-refractivity contribution in [3.05, 3.63) is 40.5 Å². The second-order valence-electron chi connectivity index (χ2n) is 9.58. The summed E-state index contributed by atoms with van der Waals surface area (Å²) in [6.45, 7) is 2.50. The summed E-state index contributed by atoms with van der Waals surface area (Å²) in [5, 5.41) is 44.6. The molecule has 1 aromatic heterocycles. The standard InChI is InChI=1S/C23H24N6O11S3/c1-23(2,21(36)27-37)40-28-14(11-7-42-22(24)25-11)17(32)26-15-18(33)29-16(20(34)35)9(6-41-19(15)29)8-43(38,39)10-3-4-12(30)13(31)5-10/h3-5,7,15,19,30-31,37H,6,8H2,1-2H3,(H2,24,25)(H,26,32)(H,27,36)(H,34,35)/t15-,19-/m1/s1. The number of aliphatic carboxylic acids is 1. The molecule has 2 aromatic rings. The van der Waals surface area contributed by atoms with Gasteiger partial charge in [-0.3, -0.25) is 24.5 Å². The normalized spacial score (nSPS) is 18.9. The molecular formula is C23H24N6O11S3. The van der Waals surface area contributed by atoms with Gasteiger partial charge in [0.25, 0.3) is 17.7 Å². The van der Waals surface area contributed by atoms with Crippen molar-refractivity contribution in [3.63, 3.8) is 0 Å².